The Morgan fingerprint density at radius 1 is 1.19 bits per heavy atom. The number of carbonyl (C=O) groups excluding carboxylic acids is 2. The normalized spacial score (nSPS) is 19.3. The molecule has 134 valence electrons. The highest BCUT2D eigenvalue weighted by atomic mass is 35.5. The maximum Gasteiger partial charge on any atom is 0.270 e. The summed E-state index contributed by atoms with van der Waals surface area (Å²) in [5, 5.41) is 22.3. The summed E-state index contributed by atoms with van der Waals surface area (Å²) in [7, 11) is 0. The summed E-state index contributed by atoms with van der Waals surface area (Å²) in [6, 6.07) is 10.9. The van der Waals surface area contributed by atoms with E-state index >= 15 is 0 Å². The molecule has 26 heavy (non-hydrogen) atoms. The molecule has 0 spiro atoms. The van der Waals surface area contributed by atoms with Crippen LogP contribution in [-0.2, 0) is 4.79 Å². The van der Waals surface area contributed by atoms with Crippen LogP contribution < -0.4 is 5.11 Å². The van der Waals surface area contributed by atoms with E-state index in [1.54, 1.807) is 24.3 Å². The van der Waals surface area contributed by atoms with Gasteiger partial charge in [-0.05, 0) is 12.1 Å². The number of thioether (sulfide) groups is 1. The van der Waals surface area contributed by atoms with Gasteiger partial charge in [-0.2, -0.15) is 0 Å². The fraction of sp³-hybridized carbons (Fsp3) is 0.176. The highest BCUT2D eigenvalue weighted by Crippen LogP contribution is 2.44. The number of hydrogen-bond donors (Lipinski definition) is 0. The molecule has 1 fully saturated rings. The minimum atomic E-state index is -1.38. The van der Waals surface area contributed by atoms with Gasteiger partial charge in [0.05, 0.1) is 16.9 Å². The Bertz CT molecular complexity index is 891. The number of carboxylic acid groups (broad SMARTS) is 1. The molecule has 0 saturated carbocycles. The Labute approximate surface area is 157 Å². The van der Waals surface area contributed by atoms with Crippen molar-refractivity contribution in [2.24, 2.45) is 0 Å². The van der Waals surface area contributed by atoms with Gasteiger partial charge < -0.3 is 14.8 Å². The Kier molecular flexibility index (Phi) is 5.15. The van der Waals surface area contributed by atoms with Crippen LogP contribution in [0.15, 0.2) is 48.5 Å². The van der Waals surface area contributed by atoms with Gasteiger partial charge in [-0.1, -0.05) is 35.9 Å². The number of aliphatic carboxylic acids is 1. The smallest absolute Gasteiger partial charge is 0.270 e. The monoisotopic (exact) mass is 391 g/mol. The second kappa shape index (κ2) is 7.35. The Morgan fingerprint density at radius 3 is 2.58 bits per heavy atom. The Morgan fingerprint density at radius 2 is 1.92 bits per heavy atom. The molecule has 0 N–H and O–H groups in total. The third-order valence-corrected chi connectivity index (χ3v) is 5.63. The van der Waals surface area contributed by atoms with Crippen molar-refractivity contribution in [3.8, 4) is 0 Å². The first-order valence-corrected chi connectivity index (χ1v) is 8.97. The molecule has 3 rings (SSSR count). The molecule has 9 heteroatoms. The van der Waals surface area contributed by atoms with Crippen LogP contribution in [0.4, 0.5) is 5.69 Å². The number of benzene rings is 2. The van der Waals surface area contributed by atoms with Crippen LogP contribution in [0.1, 0.15) is 21.3 Å². The number of nitro groups is 1. The number of carboxylic acids is 1. The van der Waals surface area contributed by atoms with E-state index < -0.39 is 28.2 Å². The third kappa shape index (κ3) is 3.38. The van der Waals surface area contributed by atoms with Crippen molar-refractivity contribution in [1.29, 1.82) is 0 Å². The minimum Gasteiger partial charge on any atom is -0.548 e. The van der Waals surface area contributed by atoms with E-state index in [-0.39, 0.29) is 17.0 Å². The number of rotatable bonds is 4. The number of halogens is 1. The molecular weight excluding hydrogens is 380 g/mol. The first kappa shape index (κ1) is 18.2. The van der Waals surface area contributed by atoms with Gasteiger partial charge in [0.2, 0.25) is 0 Å². The molecule has 0 radical (unpaired) electrons. The topological polar surface area (TPSA) is 104 Å². The lowest BCUT2D eigenvalue weighted by molar-refractivity contribution is -0.384. The highest BCUT2D eigenvalue weighted by Gasteiger charge is 2.40. The van der Waals surface area contributed by atoms with Gasteiger partial charge in [0.15, 0.2) is 0 Å². The van der Waals surface area contributed by atoms with Crippen LogP contribution in [0, 0.1) is 10.1 Å². The zero-order chi connectivity index (χ0) is 18.8. The quantitative estimate of drug-likeness (QED) is 0.585. The van der Waals surface area contributed by atoms with E-state index in [1.165, 1.54) is 34.9 Å². The summed E-state index contributed by atoms with van der Waals surface area (Å²) >= 11 is 7.46. The number of amides is 1. The van der Waals surface area contributed by atoms with E-state index in [9.17, 15) is 24.8 Å². The molecule has 1 heterocycles. The summed E-state index contributed by atoms with van der Waals surface area (Å²) < 4.78 is 0. The minimum absolute atomic E-state index is 0.0324. The van der Waals surface area contributed by atoms with Crippen molar-refractivity contribution in [2.75, 3.05) is 5.75 Å². The van der Waals surface area contributed by atoms with Crippen LogP contribution in [0.5, 0.6) is 0 Å². The molecule has 7 nitrogen and oxygen atoms in total. The first-order chi connectivity index (χ1) is 12.4. The maximum atomic E-state index is 13.0. The second-order valence-corrected chi connectivity index (χ2v) is 7.08. The number of nitrogens with zero attached hydrogens (tertiary/aromatic N) is 2. The Balaban J connectivity index is 2.03. The van der Waals surface area contributed by atoms with Gasteiger partial charge in [0.1, 0.15) is 5.37 Å². The summed E-state index contributed by atoms with van der Waals surface area (Å²) in [6.45, 7) is 0. The van der Waals surface area contributed by atoms with Crippen molar-refractivity contribution in [2.45, 2.75) is 11.4 Å². The highest BCUT2D eigenvalue weighted by molar-refractivity contribution is 7.99. The standard InChI is InChI=1S/C17H13ClN2O5S/c18-13-7-2-1-6-12(13)16-19(14(9-26-16)17(22)23)15(21)10-4-3-5-11(8-10)20(24)25/h1-8,14,16H,9H2,(H,22,23)/p-1/t14-,16-/m1/s1. The fourth-order valence-electron chi connectivity index (χ4n) is 2.75. The lowest BCUT2D eigenvalue weighted by Crippen LogP contribution is -2.49. The van der Waals surface area contributed by atoms with Gasteiger partial charge in [0.25, 0.3) is 11.6 Å². The molecule has 1 aliphatic heterocycles. The van der Waals surface area contributed by atoms with Crippen molar-refractivity contribution in [3.63, 3.8) is 0 Å². The van der Waals surface area contributed by atoms with E-state index in [0.29, 0.717) is 10.6 Å². The molecule has 1 amide bonds. The van der Waals surface area contributed by atoms with Crippen LogP contribution >= 0.6 is 23.4 Å². The Hall–Kier alpha value is -2.58. The average molecular weight is 392 g/mol. The summed E-state index contributed by atoms with van der Waals surface area (Å²) in [6.07, 6.45) is 0. The molecule has 1 saturated heterocycles. The van der Waals surface area contributed by atoms with Crippen LogP contribution in [0.3, 0.4) is 0 Å². The third-order valence-electron chi connectivity index (χ3n) is 3.98. The molecule has 0 aromatic heterocycles. The zero-order valence-corrected chi connectivity index (χ0v) is 14.8. The summed E-state index contributed by atoms with van der Waals surface area (Å²) in [5.74, 6) is -1.87. The maximum absolute atomic E-state index is 13.0. The number of carbonyl (C=O) groups is 2. The number of non-ortho nitro benzene ring substituents is 1. The predicted molar refractivity (Wildman–Crippen MR) is 94.7 cm³/mol. The van der Waals surface area contributed by atoms with E-state index in [4.69, 9.17) is 11.6 Å². The molecule has 0 aliphatic carbocycles. The molecule has 2 aromatic carbocycles. The van der Waals surface area contributed by atoms with Gasteiger partial charge in [-0.25, -0.2) is 0 Å². The predicted octanol–water partition coefficient (Wildman–Crippen LogP) is 2.25. The number of hydrogen-bond acceptors (Lipinski definition) is 6. The lowest BCUT2D eigenvalue weighted by Gasteiger charge is -2.30. The molecule has 0 bridgehead atoms. The van der Waals surface area contributed by atoms with E-state index in [2.05, 4.69) is 0 Å². The van der Waals surface area contributed by atoms with Gasteiger partial charge in [-0.15, -0.1) is 11.8 Å². The molecule has 2 aromatic rings. The van der Waals surface area contributed by atoms with Crippen molar-refractivity contribution in [1.82, 2.24) is 4.90 Å². The van der Waals surface area contributed by atoms with Gasteiger partial charge in [-0.3, -0.25) is 14.9 Å². The fourth-order valence-corrected chi connectivity index (χ4v) is 4.51. The SMILES string of the molecule is O=C([O-])[C@H]1CS[C@H](c2ccccc2Cl)N1C(=O)c1cccc([N+](=O)[O-])c1. The van der Waals surface area contributed by atoms with Crippen LogP contribution in [-0.4, -0.2) is 33.5 Å². The van der Waals surface area contributed by atoms with Gasteiger partial charge in [0, 0.05) is 34.0 Å². The summed E-state index contributed by atoms with van der Waals surface area (Å²) in [5.41, 5.74) is 0.383. The van der Waals surface area contributed by atoms with Crippen molar-refractivity contribution >= 4 is 40.9 Å². The van der Waals surface area contributed by atoms with E-state index in [0.717, 1.165) is 6.07 Å². The average Bonchev–Trinajstić information content (AvgIpc) is 3.06. The summed E-state index contributed by atoms with van der Waals surface area (Å²) in [4.78, 5) is 36.0. The number of nitro benzene ring substituents is 1. The zero-order valence-electron chi connectivity index (χ0n) is 13.2. The largest absolute Gasteiger partial charge is 0.548 e. The molecule has 2 atom stereocenters. The first-order valence-electron chi connectivity index (χ1n) is 7.54. The molecule has 0 unspecified atom stereocenters. The van der Waals surface area contributed by atoms with Gasteiger partial charge >= 0.3 is 0 Å². The second-order valence-electron chi connectivity index (χ2n) is 5.56. The van der Waals surface area contributed by atoms with Crippen molar-refractivity contribution < 1.29 is 19.6 Å². The van der Waals surface area contributed by atoms with E-state index in [1.807, 2.05) is 0 Å². The lowest BCUT2D eigenvalue weighted by atomic mass is 10.1. The van der Waals surface area contributed by atoms with Crippen LogP contribution in [0.2, 0.25) is 5.02 Å². The molecular formula is C17H12ClN2O5S-. The van der Waals surface area contributed by atoms with Crippen molar-refractivity contribution in [3.05, 3.63) is 74.8 Å². The molecule has 1 aliphatic rings. The van der Waals surface area contributed by atoms with Crippen LogP contribution in [0.25, 0.3) is 0 Å².